The lowest BCUT2D eigenvalue weighted by Crippen LogP contribution is -2.43. The minimum Gasteiger partial charge on any atom is -0.502 e. The number of phenolic OH excluding ortho intramolecular Hbond substituents is 1. The van der Waals surface area contributed by atoms with E-state index in [1.54, 1.807) is 0 Å². The van der Waals surface area contributed by atoms with Crippen LogP contribution in [0.3, 0.4) is 0 Å². The summed E-state index contributed by atoms with van der Waals surface area (Å²) in [6, 6.07) is 5.23. The number of nitrogens with one attached hydrogen (secondary N) is 2. The first-order valence-corrected chi connectivity index (χ1v) is 8.84. The van der Waals surface area contributed by atoms with Crippen LogP contribution in [0.5, 0.6) is 5.75 Å². The average Bonchev–Trinajstić information content (AvgIpc) is 2.67. The summed E-state index contributed by atoms with van der Waals surface area (Å²) in [5.74, 6) is -1.71. The Hall–Kier alpha value is -3.15. The molecule has 3 N–H and O–H groups in total. The Labute approximate surface area is 156 Å². The zero-order valence-corrected chi connectivity index (χ0v) is 14.8. The topological polar surface area (TPSA) is 145 Å². The van der Waals surface area contributed by atoms with Crippen LogP contribution >= 0.6 is 0 Å². The number of amides is 2. The van der Waals surface area contributed by atoms with Gasteiger partial charge in [-0.05, 0) is 30.9 Å². The third-order valence-electron chi connectivity index (χ3n) is 4.81. The lowest BCUT2D eigenvalue weighted by Gasteiger charge is -2.29. The number of nitrogens with zero attached hydrogens (tertiary/aromatic N) is 2. The third-order valence-corrected chi connectivity index (χ3v) is 4.81. The predicted molar refractivity (Wildman–Crippen MR) is 95.8 cm³/mol. The fourth-order valence-corrected chi connectivity index (χ4v) is 3.38. The van der Waals surface area contributed by atoms with Crippen molar-refractivity contribution in [2.75, 3.05) is 13.1 Å². The third kappa shape index (κ3) is 5.41. The van der Waals surface area contributed by atoms with Crippen molar-refractivity contribution in [2.45, 2.75) is 32.1 Å². The van der Waals surface area contributed by atoms with Crippen LogP contribution in [0.2, 0.25) is 0 Å². The number of carbonyl (C=O) groups excluding carboxylic acids is 2. The fraction of sp³-hybridized carbons (Fsp3) is 0.500. The van der Waals surface area contributed by atoms with E-state index in [4.69, 9.17) is 5.26 Å². The molecule has 1 saturated carbocycles. The van der Waals surface area contributed by atoms with Crippen LogP contribution in [0.4, 0.5) is 5.69 Å². The molecule has 1 fully saturated rings. The Balaban J connectivity index is 2.07. The Morgan fingerprint density at radius 1 is 1.30 bits per heavy atom. The van der Waals surface area contributed by atoms with Gasteiger partial charge in [-0.1, -0.05) is 19.3 Å². The largest absolute Gasteiger partial charge is 0.502 e. The van der Waals surface area contributed by atoms with E-state index in [-0.39, 0.29) is 30.5 Å². The van der Waals surface area contributed by atoms with Crippen LogP contribution in [0, 0.1) is 33.3 Å². The van der Waals surface area contributed by atoms with E-state index < -0.39 is 28.2 Å². The molecule has 9 nitrogen and oxygen atoms in total. The van der Waals surface area contributed by atoms with Gasteiger partial charge in [0.2, 0.25) is 5.91 Å². The summed E-state index contributed by atoms with van der Waals surface area (Å²) in [6.45, 7) is -0.0183. The van der Waals surface area contributed by atoms with Crippen LogP contribution in [-0.2, 0) is 4.79 Å². The number of nitriles is 1. The number of hydrogen-bond acceptors (Lipinski definition) is 6. The molecule has 27 heavy (non-hydrogen) atoms. The number of rotatable bonds is 7. The smallest absolute Gasteiger partial charge is 0.311 e. The maximum atomic E-state index is 12.4. The van der Waals surface area contributed by atoms with Gasteiger partial charge in [0.1, 0.15) is 6.54 Å². The Morgan fingerprint density at radius 2 is 2.00 bits per heavy atom. The van der Waals surface area contributed by atoms with Crippen molar-refractivity contribution < 1.29 is 19.6 Å². The summed E-state index contributed by atoms with van der Waals surface area (Å²) in [4.78, 5) is 34.9. The van der Waals surface area contributed by atoms with Gasteiger partial charge >= 0.3 is 5.69 Å². The van der Waals surface area contributed by atoms with Gasteiger partial charge in [0.15, 0.2) is 5.75 Å². The second-order valence-corrected chi connectivity index (χ2v) is 6.55. The molecule has 1 aromatic carbocycles. The summed E-state index contributed by atoms with van der Waals surface area (Å²) in [5, 5.41) is 34.2. The van der Waals surface area contributed by atoms with Crippen molar-refractivity contribution >= 4 is 17.5 Å². The number of carbonyl (C=O) groups is 2. The molecule has 1 aliphatic carbocycles. The molecule has 2 amide bonds. The lowest BCUT2D eigenvalue weighted by atomic mass is 9.79. The average molecular weight is 374 g/mol. The summed E-state index contributed by atoms with van der Waals surface area (Å²) >= 11 is 0. The van der Waals surface area contributed by atoms with E-state index in [0.29, 0.717) is 0 Å². The normalized spacial score (nSPS) is 15.4. The van der Waals surface area contributed by atoms with Crippen molar-refractivity contribution in [1.29, 1.82) is 5.26 Å². The summed E-state index contributed by atoms with van der Waals surface area (Å²) in [7, 11) is 0. The zero-order chi connectivity index (χ0) is 19.8. The van der Waals surface area contributed by atoms with Crippen LogP contribution < -0.4 is 10.6 Å². The second kappa shape index (κ2) is 9.52. The highest BCUT2D eigenvalue weighted by molar-refractivity contribution is 5.95. The minimum atomic E-state index is -0.772. The number of benzene rings is 1. The monoisotopic (exact) mass is 374 g/mol. The molecule has 2 rings (SSSR count). The summed E-state index contributed by atoms with van der Waals surface area (Å²) < 4.78 is 0. The molecule has 0 radical (unpaired) electrons. The molecule has 0 bridgehead atoms. The van der Waals surface area contributed by atoms with Crippen LogP contribution in [-0.4, -0.2) is 34.9 Å². The van der Waals surface area contributed by atoms with E-state index in [2.05, 4.69) is 10.6 Å². The first-order chi connectivity index (χ1) is 12.9. The highest BCUT2D eigenvalue weighted by atomic mass is 16.6. The minimum absolute atomic E-state index is 0.0272. The van der Waals surface area contributed by atoms with Crippen LogP contribution in [0.1, 0.15) is 42.5 Å². The molecule has 9 heteroatoms. The van der Waals surface area contributed by atoms with Crippen LogP contribution in [0.15, 0.2) is 18.2 Å². The predicted octanol–water partition coefficient (Wildman–Crippen LogP) is 1.87. The Bertz CT molecular complexity index is 753. The molecule has 0 saturated heterocycles. The summed E-state index contributed by atoms with van der Waals surface area (Å²) in [5.41, 5.74) is -0.530. The molecule has 1 aromatic rings. The Morgan fingerprint density at radius 3 is 2.63 bits per heavy atom. The molecule has 0 aliphatic heterocycles. The zero-order valence-electron chi connectivity index (χ0n) is 14.8. The van der Waals surface area contributed by atoms with Crippen molar-refractivity contribution in [2.24, 2.45) is 11.8 Å². The van der Waals surface area contributed by atoms with Gasteiger partial charge in [0, 0.05) is 18.2 Å². The molecule has 0 heterocycles. The standard InChI is InChI=1S/C18H22N4O5/c19-8-9-20-18(25)14(12-4-2-1-3-5-12)11-21-17(24)13-6-7-16(23)15(10-13)22(26)27/h6-7,10,12,14,23H,1-5,9,11H2,(H,20,25)(H,21,24). The highest BCUT2D eigenvalue weighted by Gasteiger charge is 2.30. The summed E-state index contributed by atoms with van der Waals surface area (Å²) in [6.07, 6.45) is 4.92. The number of aromatic hydroxyl groups is 1. The van der Waals surface area contributed by atoms with E-state index in [1.165, 1.54) is 6.07 Å². The molecular weight excluding hydrogens is 352 g/mol. The van der Waals surface area contributed by atoms with Gasteiger partial charge in [-0.2, -0.15) is 5.26 Å². The molecule has 1 unspecified atom stereocenters. The quantitative estimate of drug-likeness (QED) is 0.377. The lowest BCUT2D eigenvalue weighted by molar-refractivity contribution is -0.385. The van der Waals surface area contributed by atoms with Gasteiger partial charge in [0.05, 0.1) is 16.9 Å². The van der Waals surface area contributed by atoms with E-state index in [1.807, 2.05) is 6.07 Å². The van der Waals surface area contributed by atoms with Crippen molar-refractivity contribution in [3.05, 3.63) is 33.9 Å². The van der Waals surface area contributed by atoms with Gasteiger partial charge in [-0.3, -0.25) is 19.7 Å². The molecule has 0 spiro atoms. The van der Waals surface area contributed by atoms with Gasteiger partial charge < -0.3 is 15.7 Å². The SMILES string of the molecule is N#CCNC(=O)C(CNC(=O)c1ccc(O)c([N+](=O)[O-])c1)C1CCCCC1. The molecule has 1 atom stereocenters. The van der Waals surface area contributed by atoms with Gasteiger partial charge in [0.25, 0.3) is 5.91 Å². The number of hydrogen-bond donors (Lipinski definition) is 3. The van der Waals surface area contributed by atoms with E-state index in [0.717, 1.165) is 44.2 Å². The first-order valence-electron chi connectivity index (χ1n) is 8.84. The number of phenols is 1. The Kier molecular flexibility index (Phi) is 7.11. The molecule has 0 aromatic heterocycles. The maximum absolute atomic E-state index is 12.4. The fourth-order valence-electron chi connectivity index (χ4n) is 3.38. The van der Waals surface area contributed by atoms with Crippen molar-refractivity contribution in [3.63, 3.8) is 0 Å². The van der Waals surface area contributed by atoms with Crippen molar-refractivity contribution in [1.82, 2.24) is 10.6 Å². The van der Waals surface area contributed by atoms with Crippen LogP contribution in [0.25, 0.3) is 0 Å². The highest BCUT2D eigenvalue weighted by Crippen LogP contribution is 2.30. The van der Waals surface area contributed by atoms with E-state index >= 15 is 0 Å². The molecular formula is C18H22N4O5. The van der Waals surface area contributed by atoms with Gasteiger partial charge in [-0.15, -0.1) is 0 Å². The second-order valence-electron chi connectivity index (χ2n) is 6.55. The van der Waals surface area contributed by atoms with Crippen molar-refractivity contribution in [3.8, 4) is 11.8 Å². The van der Waals surface area contributed by atoms with Gasteiger partial charge in [-0.25, -0.2) is 0 Å². The maximum Gasteiger partial charge on any atom is 0.311 e. The van der Waals surface area contributed by atoms with E-state index in [9.17, 15) is 24.8 Å². The number of nitro groups is 1. The first kappa shape index (κ1) is 20.2. The molecule has 1 aliphatic rings. The molecule has 144 valence electrons. The number of nitro benzene ring substituents is 1.